The van der Waals surface area contributed by atoms with Crippen molar-refractivity contribution in [2.24, 2.45) is 0 Å². The molecule has 0 spiro atoms. The Morgan fingerprint density at radius 2 is 2.22 bits per heavy atom. The number of nitrogens with zero attached hydrogens (tertiary/aromatic N) is 1. The average Bonchev–Trinajstić information content (AvgIpc) is 2.28. The van der Waals surface area contributed by atoms with Crippen LogP contribution in [0.4, 0.5) is 11.4 Å². The average molecular weight is 364 g/mol. The van der Waals surface area contributed by atoms with Gasteiger partial charge in [0.2, 0.25) is 0 Å². The summed E-state index contributed by atoms with van der Waals surface area (Å²) in [5, 5.41) is 23.1. The number of aliphatic hydroxyl groups is 1. The first-order valence-electron chi connectivity index (χ1n) is 5.75. The molecule has 1 unspecified atom stereocenters. The lowest BCUT2D eigenvalue weighted by molar-refractivity contribution is -0.385. The zero-order chi connectivity index (χ0) is 13.8. The van der Waals surface area contributed by atoms with Gasteiger partial charge in [0.15, 0.2) is 0 Å². The quantitative estimate of drug-likeness (QED) is 0.462. The molecule has 6 heteroatoms. The molecule has 0 aliphatic rings. The van der Waals surface area contributed by atoms with Crippen molar-refractivity contribution in [3.63, 3.8) is 0 Å². The van der Waals surface area contributed by atoms with Gasteiger partial charge in [-0.25, -0.2) is 0 Å². The van der Waals surface area contributed by atoms with Gasteiger partial charge in [-0.2, -0.15) is 0 Å². The number of nitro benzene ring substituents is 1. The van der Waals surface area contributed by atoms with Crippen LogP contribution in [-0.4, -0.2) is 22.2 Å². The van der Waals surface area contributed by atoms with Crippen molar-refractivity contribution in [1.29, 1.82) is 0 Å². The molecule has 0 aliphatic carbocycles. The summed E-state index contributed by atoms with van der Waals surface area (Å²) in [4.78, 5) is 10.3. The molecule has 1 rings (SSSR count). The van der Waals surface area contributed by atoms with Gasteiger partial charge in [-0.3, -0.25) is 10.1 Å². The summed E-state index contributed by atoms with van der Waals surface area (Å²) in [6.45, 7) is 4.18. The largest absolute Gasteiger partial charge is 0.396 e. The molecular weight excluding hydrogens is 347 g/mol. The Morgan fingerprint density at radius 1 is 1.56 bits per heavy atom. The standard InChI is InChI=1S/C12H17IN2O3/c1-3-12(2,6-7-16)14-9-4-5-11(15(17)18)10(13)8-9/h4-5,8,14,16H,3,6-7H2,1-2H3. The number of hydrogen-bond donors (Lipinski definition) is 2. The Balaban J connectivity index is 2.92. The minimum Gasteiger partial charge on any atom is -0.396 e. The molecule has 0 aromatic heterocycles. The fourth-order valence-electron chi connectivity index (χ4n) is 1.66. The first-order chi connectivity index (χ1) is 8.41. The molecule has 0 aliphatic heterocycles. The van der Waals surface area contributed by atoms with Crippen molar-refractivity contribution in [3.8, 4) is 0 Å². The normalized spacial score (nSPS) is 14.0. The van der Waals surface area contributed by atoms with E-state index >= 15 is 0 Å². The molecular formula is C12H17IN2O3. The van der Waals surface area contributed by atoms with Crippen LogP contribution < -0.4 is 5.32 Å². The molecule has 0 heterocycles. The van der Waals surface area contributed by atoms with Gasteiger partial charge >= 0.3 is 0 Å². The Bertz CT molecular complexity index is 439. The van der Waals surface area contributed by atoms with E-state index in [0.29, 0.717) is 9.99 Å². The second-order valence-corrected chi connectivity index (χ2v) is 5.60. The van der Waals surface area contributed by atoms with Crippen molar-refractivity contribution in [3.05, 3.63) is 31.9 Å². The van der Waals surface area contributed by atoms with Gasteiger partial charge in [-0.05, 0) is 54.5 Å². The highest BCUT2D eigenvalue weighted by molar-refractivity contribution is 14.1. The number of benzene rings is 1. The van der Waals surface area contributed by atoms with E-state index in [1.54, 1.807) is 12.1 Å². The van der Waals surface area contributed by atoms with Gasteiger partial charge in [0.25, 0.3) is 5.69 Å². The monoisotopic (exact) mass is 364 g/mol. The maximum Gasteiger partial charge on any atom is 0.282 e. The third-order valence-electron chi connectivity index (χ3n) is 3.03. The summed E-state index contributed by atoms with van der Waals surface area (Å²) in [6, 6.07) is 4.95. The Hall–Kier alpha value is -0.890. The van der Waals surface area contributed by atoms with E-state index in [1.807, 2.05) is 36.4 Å². The van der Waals surface area contributed by atoms with Crippen LogP contribution in [-0.2, 0) is 0 Å². The topological polar surface area (TPSA) is 75.4 Å². The molecule has 0 saturated heterocycles. The minimum absolute atomic E-state index is 0.113. The highest BCUT2D eigenvalue weighted by Gasteiger charge is 2.22. The Morgan fingerprint density at radius 3 is 2.67 bits per heavy atom. The highest BCUT2D eigenvalue weighted by Crippen LogP contribution is 2.27. The Labute approximate surface area is 120 Å². The molecule has 0 amide bonds. The predicted octanol–water partition coefficient (Wildman–Crippen LogP) is 3.16. The molecule has 1 atom stereocenters. The molecule has 2 N–H and O–H groups in total. The zero-order valence-corrected chi connectivity index (χ0v) is 12.6. The Kier molecular flexibility index (Phi) is 5.33. The van der Waals surface area contributed by atoms with E-state index in [-0.39, 0.29) is 17.8 Å². The number of halogens is 1. The second kappa shape index (κ2) is 6.33. The van der Waals surface area contributed by atoms with Crippen LogP contribution in [0.15, 0.2) is 18.2 Å². The third kappa shape index (κ3) is 3.81. The van der Waals surface area contributed by atoms with Gasteiger partial charge in [-0.15, -0.1) is 0 Å². The lowest BCUT2D eigenvalue weighted by atomic mass is 9.94. The van der Waals surface area contributed by atoms with Gasteiger partial charge < -0.3 is 10.4 Å². The second-order valence-electron chi connectivity index (χ2n) is 4.44. The zero-order valence-electron chi connectivity index (χ0n) is 10.4. The van der Waals surface area contributed by atoms with Crippen molar-refractivity contribution in [1.82, 2.24) is 0 Å². The number of aliphatic hydroxyl groups excluding tert-OH is 1. The van der Waals surface area contributed by atoms with Crippen molar-refractivity contribution in [2.75, 3.05) is 11.9 Å². The predicted molar refractivity (Wildman–Crippen MR) is 79.8 cm³/mol. The van der Waals surface area contributed by atoms with E-state index in [1.165, 1.54) is 6.07 Å². The molecule has 18 heavy (non-hydrogen) atoms. The lowest BCUT2D eigenvalue weighted by Crippen LogP contribution is -2.35. The summed E-state index contributed by atoms with van der Waals surface area (Å²) in [6.07, 6.45) is 1.50. The molecule has 100 valence electrons. The summed E-state index contributed by atoms with van der Waals surface area (Å²) < 4.78 is 0.602. The van der Waals surface area contributed by atoms with E-state index in [0.717, 1.165) is 12.1 Å². The lowest BCUT2D eigenvalue weighted by Gasteiger charge is -2.30. The third-order valence-corrected chi connectivity index (χ3v) is 3.90. The number of rotatable bonds is 6. The summed E-state index contributed by atoms with van der Waals surface area (Å²) >= 11 is 1.96. The maximum atomic E-state index is 10.7. The number of hydrogen-bond acceptors (Lipinski definition) is 4. The van der Waals surface area contributed by atoms with Crippen LogP contribution in [0.3, 0.4) is 0 Å². The number of nitrogens with one attached hydrogen (secondary N) is 1. The molecule has 0 saturated carbocycles. The molecule has 1 aromatic carbocycles. The van der Waals surface area contributed by atoms with E-state index in [9.17, 15) is 10.1 Å². The maximum absolute atomic E-state index is 10.7. The van der Waals surface area contributed by atoms with Gasteiger partial charge in [0.05, 0.1) is 8.49 Å². The van der Waals surface area contributed by atoms with Crippen LogP contribution in [0, 0.1) is 13.7 Å². The summed E-state index contributed by atoms with van der Waals surface area (Å²) in [5.74, 6) is 0. The van der Waals surface area contributed by atoms with Gasteiger partial charge in [-0.1, -0.05) is 6.92 Å². The fourth-order valence-corrected chi connectivity index (χ4v) is 2.37. The fraction of sp³-hybridized carbons (Fsp3) is 0.500. The van der Waals surface area contributed by atoms with Gasteiger partial charge in [0, 0.05) is 23.9 Å². The molecule has 1 aromatic rings. The van der Waals surface area contributed by atoms with E-state index in [2.05, 4.69) is 5.32 Å². The number of nitro groups is 1. The summed E-state index contributed by atoms with van der Waals surface area (Å²) in [5.41, 5.74) is 0.748. The van der Waals surface area contributed by atoms with E-state index in [4.69, 9.17) is 5.11 Å². The first kappa shape index (κ1) is 15.2. The van der Waals surface area contributed by atoms with Crippen LogP contribution in [0.2, 0.25) is 0 Å². The highest BCUT2D eigenvalue weighted by atomic mass is 127. The van der Waals surface area contributed by atoms with E-state index < -0.39 is 4.92 Å². The van der Waals surface area contributed by atoms with Crippen LogP contribution >= 0.6 is 22.6 Å². The molecule has 0 bridgehead atoms. The van der Waals surface area contributed by atoms with Crippen LogP contribution in [0.5, 0.6) is 0 Å². The SMILES string of the molecule is CCC(C)(CCO)Nc1ccc([N+](=O)[O-])c(I)c1. The molecule has 0 fully saturated rings. The van der Waals surface area contributed by atoms with Crippen molar-refractivity contribution in [2.45, 2.75) is 32.2 Å². The minimum atomic E-state index is -0.391. The van der Waals surface area contributed by atoms with Gasteiger partial charge in [0.1, 0.15) is 0 Å². The molecule has 5 nitrogen and oxygen atoms in total. The van der Waals surface area contributed by atoms with Crippen molar-refractivity contribution >= 4 is 34.0 Å². The van der Waals surface area contributed by atoms with Crippen molar-refractivity contribution < 1.29 is 10.0 Å². The molecule has 0 radical (unpaired) electrons. The smallest absolute Gasteiger partial charge is 0.282 e. The van der Waals surface area contributed by atoms with Crippen LogP contribution in [0.25, 0.3) is 0 Å². The first-order valence-corrected chi connectivity index (χ1v) is 6.82. The number of anilines is 1. The summed E-state index contributed by atoms with van der Waals surface area (Å²) in [7, 11) is 0. The van der Waals surface area contributed by atoms with Crippen LogP contribution in [0.1, 0.15) is 26.7 Å².